The summed E-state index contributed by atoms with van der Waals surface area (Å²) in [6, 6.07) is 9.38. The molecular weight excluding hydrogens is 428 g/mol. The quantitative estimate of drug-likeness (QED) is 0.251. The van der Waals surface area contributed by atoms with Crippen molar-refractivity contribution in [2.75, 3.05) is 13.2 Å². The highest BCUT2D eigenvalue weighted by Crippen LogP contribution is 2.38. The first-order chi connectivity index (χ1) is 16.6. The predicted molar refractivity (Wildman–Crippen MR) is 153 cm³/mol. The third-order valence-electron chi connectivity index (χ3n) is 8.52. The van der Waals surface area contributed by atoms with Crippen LogP contribution in [0.25, 0.3) is 0 Å². The van der Waals surface area contributed by atoms with Gasteiger partial charge in [-0.25, -0.2) is 0 Å². The Bertz CT molecular complexity index is 950. The molecule has 2 aromatic carbocycles. The van der Waals surface area contributed by atoms with E-state index in [2.05, 4.69) is 93.5 Å². The molecule has 2 aromatic rings. The van der Waals surface area contributed by atoms with Gasteiger partial charge in [0.2, 0.25) is 0 Å². The van der Waals surface area contributed by atoms with Crippen molar-refractivity contribution in [3.05, 3.63) is 57.6 Å². The fraction of sp³-hybridized carbons (Fsp3) is 0.636. The van der Waals surface area contributed by atoms with Crippen molar-refractivity contribution in [2.45, 2.75) is 125 Å². The summed E-state index contributed by atoms with van der Waals surface area (Å²) in [5.41, 5.74) is 8.79. The standard InChI is InChI=1S/C33H52O2/c1-11-24-22-30(26(13-3)20-28(24)32(8,9)15-5)34-18-19-35-31-23-25(12-2)29(21-27(31)14-4)33(10,16-6)17-7/h20-23H,11-19H2,1-10H3. The van der Waals surface area contributed by atoms with Crippen LogP contribution in [-0.4, -0.2) is 13.2 Å². The van der Waals surface area contributed by atoms with Gasteiger partial charge < -0.3 is 9.47 Å². The van der Waals surface area contributed by atoms with E-state index in [1.54, 1.807) is 0 Å². The summed E-state index contributed by atoms with van der Waals surface area (Å²) in [6.45, 7) is 24.0. The van der Waals surface area contributed by atoms with Crippen LogP contribution in [0.4, 0.5) is 0 Å². The van der Waals surface area contributed by atoms with Gasteiger partial charge in [-0.1, -0.05) is 81.4 Å². The Morgan fingerprint density at radius 2 is 0.914 bits per heavy atom. The molecule has 0 N–H and O–H groups in total. The van der Waals surface area contributed by atoms with Crippen molar-refractivity contribution in [1.82, 2.24) is 0 Å². The molecule has 35 heavy (non-hydrogen) atoms. The number of hydrogen-bond acceptors (Lipinski definition) is 2. The lowest BCUT2D eigenvalue weighted by atomic mass is 9.74. The summed E-state index contributed by atoms with van der Waals surface area (Å²) >= 11 is 0. The van der Waals surface area contributed by atoms with Crippen LogP contribution in [0.5, 0.6) is 11.5 Å². The maximum Gasteiger partial charge on any atom is 0.122 e. The van der Waals surface area contributed by atoms with E-state index < -0.39 is 0 Å². The second-order valence-corrected chi connectivity index (χ2v) is 10.9. The van der Waals surface area contributed by atoms with Crippen LogP contribution in [0.1, 0.15) is 122 Å². The van der Waals surface area contributed by atoms with Gasteiger partial charge in [-0.2, -0.15) is 0 Å². The Labute approximate surface area is 216 Å². The normalized spacial score (nSPS) is 12.2. The molecule has 0 aromatic heterocycles. The molecule has 0 saturated carbocycles. The van der Waals surface area contributed by atoms with Gasteiger partial charge in [0.05, 0.1) is 0 Å². The van der Waals surface area contributed by atoms with E-state index in [0.29, 0.717) is 13.2 Å². The summed E-state index contributed by atoms with van der Waals surface area (Å²) in [6.07, 6.45) is 7.44. The van der Waals surface area contributed by atoms with Crippen molar-refractivity contribution in [3.8, 4) is 11.5 Å². The predicted octanol–water partition coefficient (Wildman–Crippen LogP) is 9.16. The molecule has 0 aliphatic rings. The van der Waals surface area contributed by atoms with Crippen molar-refractivity contribution < 1.29 is 9.47 Å². The van der Waals surface area contributed by atoms with Gasteiger partial charge in [-0.15, -0.1) is 0 Å². The Kier molecular flexibility index (Phi) is 10.7. The van der Waals surface area contributed by atoms with Crippen molar-refractivity contribution in [2.24, 2.45) is 0 Å². The highest BCUT2D eigenvalue weighted by atomic mass is 16.5. The molecule has 0 bridgehead atoms. The molecule has 0 spiro atoms. The largest absolute Gasteiger partial charge is 0.490 e. The van der Waals surface area contributed by atoms with Crippen molar-refractivity contribution in [1.29, 1.82) is 0 Å². The summed E-state index contributed by atoms with van der Waals surface area (Å²) < 4.78 is 12.6. The molecule has 196 valence electrons. The van der Waals surface area contributed by atoms with Gasteiger partial charge in [0.1, 0.15) is 24.7 Å². The highest BCUT2D eigenvalue weighted by molar-refractivity contribution is 5.47. The zero-order chi connectivity index (χ0) is 26.2. The van der Waals surface area contributed by atoms with Crippen LogP contribution >= 0.6 is 0 Å². The van der Waals surface area contributed by atoms with Gasteiger partial charge in [0.25, 0.3) is 0 Å². The molecule has 0 fully saturated rings. The maximum absolute atomic E-state index is 6.33. The Morgan fingerprint density at radius 1 is 0.514 bits per heavy atom. The highest BCUT2D eigenvalue weighted by Gasteiger charge is 2.26. The van der Waals surface area contributed by atoms with E-state index in [-0.39, 0.29) is 10.8 Å². The fourth-order valence-electron chi connectivity index (χ4n) is 5.06. The van der Waals surface area contributed by atoms with E-state index >= 15 is 0 Å². The molecule has 2 heteroatoms. The molecule has 0 unspecified atom stereocenters. The molecule has 0 aliphatic carbocycles. The SMILES string of the molecule is CCc1cc(C(C)(C)CC)c(CC)cc1OCCOc1cc(CC)c(C(C)(CC)CC)cc1CC. The van der Waals surface area contributed by atoms with E-state index in [1.807, 2.05) is 0 Å². The summed E-state index contributed by atoms with van der Waals surface area (Å²) in [7, 11) is 0. The van der Waals surface area contributed by atoms with Crippen molar-refractivity contribution >= 4 is 0 Å². The van der Waals surface area contributed by atoms with Gasteiger partial charge in [-0.05, 0) is 101 Å². The molecule has 2 rings (SSSR count). The fourth-order valence-corrected chi connectivity index (χ4v) is 5.06. The first-order valence-electron chi connectivity index (χ1n) is 14.2. The summed E-state index contributed by atoms with van der Waals surface area (Å²) in [5.74, 6) is 2.04. The average Bonchev–Trinajstić information content (AvgIpc) is 2.89. The van der Waals surface area contributed by atoms with Gasteiger partial charge in [0.15, 0.2) is 0 Å². The lowest BCUT2D eigenvalue weighted by Gasteiger charge is -2.31. The lowest BCUT2D eigenvalue weighted by molar-refractivity contribution is 0.214. The molecule has 0 amide bonds. The van der Waals surface area contributed by atoms with Crippen LogP contribution in [-0.2, 0) is 36.5 Å². The molecular formula is C33H52O2. The minimum absolute atomic E-state index is 0.183. The molecule has 0 aliphatic heterocycles. The molecule has 0 radical (unpaired) electrons. The van der Waals surface area contributed by atoms with Crippen LogP contribution < -0.4 is 9.47 Å². The Balaban J connectivity index is 2.21. The van der Waals surface area contributed by atoms with Gasteiger partial charge in [0, 0.05) is 0 Å². The van der Waals surface area contributed by atoms with Crippen LogP contribution in [0.3, 0.4) is 0 Å². The second kappa shape index (κ2) is 12.8. The van der Waals surface area contributed by atoms with Crippen LogP contribution in [0.15, 0.2) is 24.3 Å². The average molecular weight is 481 g/mol. The maximum atomic E-state index is 6.33. The number of rotatable bonds is 14. The topological polar surface area (TPSA) is 18.5 Å². The van der Waals surface area contributed by atoms with Crippen LogP contribution in [0, 0.1) is 0 Å². The number of ether oxygens (including phenoxy) is 2. The van der Waals surface area contributed by atoms with Crippen molar-refractivity contribution in [3.63, 3.8) is 0 Å². The van der Waals surface area contributed by atoms with E-state index in [4.69, 9.17) is 9.47 Å². The summed E-state index contributed by atoms with van der Waals surface area (Å²) in [5, 5.41) is 0. The monoisotopic (exact) mass is 480 g/mol. The van der Waals surface area contributed by atoms with Gasteiger partial charge in [-0.3, -0.25) is 0 Å². The zero-order valence-electron chi connectivity index (χ0n) is 24.5. The summed E-state index contributed by atoms with van der Waals surface area (Å²) in [4.78, 5) is 0. The number of aryl methyl sites for hydroxylation is 4. The molecule has 0 saturated heterocycles. The smallest absolute Gasteiger partial charge is 0.122 e. The lowest BCUT2D eigenvalue weighted by Crippen LogP contribution is -2.22. The Hall–Kier alpha value is -1.96. The Morgan fingerprint density at radius 3 is 1.29 bits per heavy atom. The third-order valence-corrected chi connectivity index (χ3v) is 8.52. The first-order valence-corrected chi connectivity index (χ1v) is 14.2. The third kappa shape index (κ3) is 6.63. The van der Waals surface area contributed by atoms with Gasteiger partial charge >= 0.3 is 0 Å². The van der Waals surface area contributed by atoms with E-state index in [1.165, 1.54) is 33.4 Å². The number of benzene rings is 2. The van der Waals surface area contributed by atoms with Crippen LogP contribution in [0.2, 0.25) is 0 Å². The van der Waals surface area contributed by atoms with E-state index in [0.717, 1.165) is 56.4 Å². The zero-order valence-corrected chi connectivity index (χ0v) is 24.5. The number of hydrogen-bond donors (Lipinski definition) is 0. The minimum atomic E-state index is 0.183. The molecule has 2 nitrogen and oxygen atoms in total. The van der Waals surface area contributed by atoms with E-state index in [9.17, 15) is 0 Å². The molecule has 0 atom stereocenters. The first kappa shape index (κ1) is 29.3. The minimum Gasteiger partial charge on any atom is -0.490 e. The second-order valence-electron chi connectivity index (χ2n) is 10.9. The molecule has 0 heterocycles.